The third-order valence-corrected chi connectivity index (χ3v) is 7.55. The van der Waals surface area contributed by atoms with Crippen molar-refractivity contribution in [3.8, 4) is 0 Å². The molecule has 2 aliphatic heterocycles. The second kappa shape index (κ2) is 15.7. The molecule has 35 heavy (non-hydrogen) atoms. The number of ether oxygens (including phenoxy) is 1. The summed E-state index contributed by atoms with van der Waals surface area (Å²) in [6.45, 7) is 5.01. The van der Waals surface area contributed by atoms with Crippen molar-refractivity contribution in [2.45, 2.75) is 102 Å². The summed E-state index contributed by atoms with van der Waals surface area (Å²) in [6.07, 6.45) is 9.83. The van der Waals surface area contributed by atoms with Crippen molar-refractivity contribution in [3.63, 3.8) is 0 Å². The maximum Gasteiger partial charge on any atom is 0.305 e. The minimum atomic E-state index is -0.932. The Balaban J connectivity index is 0.00000306. The zero-order valence-corrected chi connectivity index (χ0v) is 22.6. The van der Waals surface area contributed by atoms with Crippen LogP contribution in [0.3, 0.4) is 0 Å². The van der Waals surface area contributed by atoms with Crippen molar-refractivity contribution in [3.05, 3.63) is 0 Å². The van der Waals surface area contributed by atoms with Gasteiger partial charge in [0.25, 0.3) is 0 Å². The molecule has 0 aromatic rings. The van der Waals surface area contributed by atoms with Crippen LogP contribution in [0, 0.1) is 11.3 Å². The summed E-state index contributed by atoms with van der Waals surface area (Å²) in [5.41, 5.74) is 5.56. The monoisotopic (exact) mass is 537 g/mol. The first kappa shape index (κ1) is 31.7. The molecule has 3 fully saturated rings. The number of aliphatic carboxylic acids is 1. The van der Waals surface area contributed by atoms with E-state index < -0.39 is 12.0 Å². The number of likely N-dealkylation sites (tertiary alicyclic amines) is 2. The van der Waals surface area contributed by atoms with Crippen molar-refractivity contribution in [2.75, 3.05) is 26.2 Å². The average molecular weight is 539 g/mol. The molecular weight excluding hydrogens is 493 g/mol. The van der Waals surface area contributed by atoms with Crippen molar-refractivity contribution in [1.29, 1.82) is 5.41 Å². The summed E-state index contributed by atoms with van der Waals surface area (Å²) in [7, 11) is 0. The van der Waals surface area contributed by atoms with Crippen molar-refractivity contribution < 1.29 is 19.4 Å². The number of hydrogen-bond donors (Lipinski definition) is 4. The Hall–Kier alpha value is -1.29. The van der Waals surface area contributed by atoms with Crippen molar-refractivity contribution in [1.82, 2.24) is 15.1 Å². The Morgan fingerprint density at radius 3 is 2.43 bits per heavy atom. The number of amides is 1. The van der Waals surface area contributed by atoms with Crippen LogP contribution >= 0.6 is 24.8 Å². The number of carboxylic acid groups (broad SMARTS) is 1. The zero-order valence-electron chi connectivity index (χ0n) is 21.0. The molecule has 4 atom stereocenters. The number of nitrogens with one attached hydrogen (secondary N) is 2. The highest BCUT2D eigenvalue weighted by atomic mass is 35.5. The van der Waals surface area contributed by atoms with Gasteiger partial charge in [0, 0.05) is 38.3 Å². The zero-order chi connectivity index (χ0) is 23.8. The molecule has 1 unspecified atom stereocenters. The van der Waals surface area contributed by atoms with Gasteiger partial charge in [-0.1, -0.05) is 19.8 Å². The lowest BCUT2D eigenvalue weighted by Crippen LogP contribution is -2.55. The molecule has 2 saturated heterocycles. The lowest BCUT2D eigenvalue weighted by Gasteiger charge is -2.39. The van der Waals surface area contributed by atoms with E-state index in [0.717, 1.165) is 70.9 Å². The molecule has 0 radical (unpaired) electrons. The normalized spacial score (nSPS) is 26.3. The van der Waals surface area contributed by atoms with Crippen molar-refractivity contribution >= 4 is 42.7 Å². The fourth-order valence-electron chi connectivity index (χ4n) is 5.69. The van der Waals surface area contributed by atoms with E-state index in [4.69, 9.17) is 15.9 Å². The lowest BCUT2D eigenvalue weighted by molar-refractivity contribution is -0.145. The number of guanidine groups is 1. The number of nitrogens with two attached hydrogens (primary N) is 1. The predicted octanol–water partition coefficient (Wildman–Crippen LogP) is 2.99. The SMILES string of the molecule is C[C@@H]1CCCC(N[C@@H](CC(=O)O)C(=O)N2CCCC[C@H]2CCOC2CCN(C(=N)N)CC2)C1.Cl.Cl. The summed E-state index contributed by atoms with van der Waals surface area (Å²) >= 11 is 0. The molecule has 3 aliphatic rings. The van der Waals surface area contributed by atoms with Crippen LogP contribution in [0.5, 0.6) is 0 Å². The molecule has 0 aromatic heterocycles. The Kier molecular flexibility index (Phi) is 14.3. The molecule has 3 rings (SSSR count). The molecule has 0 spiro atoms. The van der Waals surface area contributed by atoms with Crippen LogP contribution in [0.15, 0.2) is 0 Å². The number of piperidine rings is 2. The van der Waals surface area contributed by atoms with Crippen LogP contribution in [0.4, 0.5) is 0 Å². The third kappa shape index (κ3) is 9.94. The maximum atomic E-state index is 13.5. The molecule has 1 amide bonds. The summed E-state index contributed by atoms with van der Waals surface area (Å²) in [6, 6.07) is -0.336. The molecule has 1 aliphatic carbocycles. The quantitative estimate of drug-likeness (QED) is 0.262. The van der Waals surface area contributed by atoms with Crippen LogP contribution in [0.2, 0.25) is 0 Å². The summed E-state index contributed by atoms with van der Waals surface area (Å²) in [4.78, 5) is 28.8. The van der Waals surface area contributed by atoms with E-state index in [1.54, 1.807) is 0 Å². The molecule has 204 valence electrons. The van der Waals surface area contributed by atoms with Gasteiger partial charge in [-0.05, 0) is 57.3 Å². The van der Waals surface area contributed by atoms with E-state index in [0.29, 0.717) is 19.1 Å². The van der Waals surface area contributed by atoms with E-state index in [9.17, 15) is 14.7 Å². The molecule has 1 saturated carbocycles. The predicted molar refractivity (Wildman–Crippen MR) is 142 cm³/mol. The maximum absolute atomic E-state index is 13.5. The van der Waals surface area contributed by atoms with Gasteiger partial charge in [-0.2, -0.15) is 0 Å². The highest BCUT2D eigenvalue weighted by Gasteiger charge is 2.34. The Labute approximate surface area is 222 Å². The lowest BCUT2D eigenvalue weighted by atomic mass is 9.86. The highest BCUT2D eigenvalue weighted by molar-refractivity contribution is 5.86. The van der Waals surface area contributed by atoms with Gasteiger partial charge in [0.15, 0.2) is 5.96 Å². The molecule has 0 bridgehead atoms. The third-order valence-electron chi connectivity index (χ3n) is 7.55. The van der Waals surface area contributed by atoms with Crippen LogP contribution in [0.1, 0.15) is 77.6 Å². The topological polar surface area (TPSA) is 132 Å². The number of carbonyl (C=O) groups is 2. The highest BCUT2D eigenvalue weighted by Crippen LogP contribution is 2.26. The average Bonchev–Trinajstić information content (AvgIpc) is 2.78. The van der Waals surface area contributed by atoms with E-state index in [1.807, 2.05) is 9.80 Å². The van der Waals surface area contributed by atoms with Gasteiger partial charge in [-0.15, -0.1) is 24.8 Å². The van der Waals surface area contributed by atoms with Crippen LogP contribution in [-0.2, 0) is 14.3 Å². The smallest absolute Gasteiger partial charge is 0.305 e. The Morgan fingerprint density at radius 2 is 1.80 bits per heavy atom. The fraction of sp³-hybridized carbons (Fsp3) is 0.875. The molecule has 0 aromatic carbocycles. The van der Waals surface area contributed by atoms with Gasteiger partial charge in [-0.3, -0.25) is 15.0 Å². The van der Waals surface area contributed by atoms with E-state index in [2.05, 4.69) is 12.2 Å². The standard InChI is InChI=1S/C24H43N5O4.2ClH/c1-17-5-4-6-18(15-17)27-21(16-22(30)31)23(32)29-11-3-2-7-19(29)10-14-33-20-8-12-28(13-9-20)24(25)26;;/h17-21,27H,2-16H2,1H3,(H3,25,26)(H,30,31);2*1H/t17-,18?,19+,21+;;/m1../s1. The number of rotatable bonds is 9. The van der Waals surface area contributed by atoms with Crippen molar-refractivity contribution in [2.24, 2.45) is 11.7 Å². The number of halogens is 2. The molecule has 11 heteroatoms. The minimum Gasteiger partial charge on any atom is -0.481 e. The largest absolute Gasteiger partial charge is 0.481 e. The molecule has 9 nitrogen and oxygen atoms in total. The van der Waals surface area contributed by atoms with Crippen LogP contribution < -0.4 is 11.1 Å². The first-order valence-electron chi connectivity index (χ1n) is 12.8. The first-order valence-corrected chi connectivity index (χ1v) is 12.8. The van der Waals surface area contributed by atoms with Gasteiger partial charge in [0.1, 0.15) is 0 Å². The molecule has 2 heterocycles. The summed E-state index contributed by atoms with van der Waals surface area (Å²) < 4.78 is 6.11. The fourth-order valence-corrected chi connectivity index (χ4v) is 5.69. The summed E-state index contributed by atoms with van der Waals surface area (Å²) in [5, 5.41) is 20.4. The van der Waals surface area contributed by atoms with Crippen LogP contribution in [0.25, 0.3) is 0 Å². The number of carboxylic acids is 1. The second-order valence-corrected chi connectivity index (χ2v) is 10.2. The van der Waals surface area contributed by atoms with E-state index in [1.165, 1.54) is 6.42 Å². The minimum absolute atomic E-state index is 0. The second-order valence-electron chi connectivity index (χ2n) is 10.2. The first-order chi connectivity index (χ1) is 15.8. The van der Waals surface area contributed by atoms with E-state index >= 15 is 0 Å². The Bertz CT molecular complexity index is 678. The van der Waals surface area contributed by atoms with Gasteiger partial charge in [0.2, 0.25) is 5.91 Å². The summed E-state index contributed by atoms with van der Waals surface area (Å²) in [5.74, 6) is -0.260. The molecule has 5 N–H and O–H groups in total. The van der Waals surface area contributed by atoms with Gasteiger partial charge < -0.3 is 30.7 Å². The molecular formula is C24H45Cl2N5O4. The van der Waals surface area contributed by atoms with Gasteiger partial charge in [0.05, 0.1) is 18.6 Å². The van der Waals surface area contributed by atoms with Gasteiger partial charge in [-0.25, -0.2) is 0 Å². The van der Waals surface area contributed by atoms with Crippen LogP contribution in [-0.4, -0.2) is 83.2 Å². The Morgan fingerprint density at radius 1 is 1.09 bits per heavy atom. The van der Waals surface area contributed by atoms with Gasteiger partial charge >= 0.3 is 5.97 Å². The van der Waals surface area contributed by atoms with E-state index in [-0.39, 0.29) is 61.3 Å². The number of hydrogen-bond acceptors (Lipinski definition) is 5. The number of nitrogens with zero attached hydrogens (tertiary/aromatic N) is 2. The number of carbonyl (C=O) groups excluding carboxylic acids is 1.